The van der Waals surface area contributed by atoms with Crippen molar-refractivity contribution >= 4 is 17.9 Å². The molecule has 0 radical (unpaired) electrons. The van der Waals surface area contributed by atoms with Gasteiger partial charge in [0.05, 0.1) is 0 Å². The van der Waals surface area contributed by atoms with E-state index in [4.69, 9.17) is 11.6 Å². The number of aryl methyl sites for hydroxylation is 1. The number of imidazole rings is 1. The van der Waals surface area contributed by atoms with Crippen molar-refractivity contribution in [2.24, 2.45) is 0 Å². The Morgan fingerprint density at radius 3 is 3.00 bits per heavy atom. The van der Waals surface area contributed by atoms with Gasteiger partial charge in [-0.3, -0.25) is 4.79 Å². The van der Waals surface area contributed by atoms with Crippen LogP contribution in [0, 0.1) is 0 Å². The van der Waals surface area contributed by atoms with E-state index in [9.17, 15) is 4.79 Å². The van der Waals surface area contributed by atoms with Gasteiger partial charge in [0.15, 0.2) is 6.29 Å². The Morgan fingerprint density at radius 1 is 1.38 bits per heavy atom. The third-order valence-electron chi connectivity index (χ3n) is 2.40. The average Bonchev–Trinajstić information content (AvgIpc) is 2.37. The van der Waals surface area contributed by atoms with Gasteiger partial charge in [0.1, 0.15) is 16.7 Å². The van der Waals surface area contributed by atoms with Gasteiger partial charge in [-0.15, -0.1) is 0 Å². The first-order chi connectivity index (χ1) is 6.33. The summed E-state index contributed by atoms with van der Waals surface area (Å²) in [6, 6.07) is 0. The number of fused-ring (bicyclic) bond motifs is 1. The number of rotatable bonds is 1. The van der Waals surface area contributed by atoms with Crippen molar-refractivity contribution in [2.75, 3.05) is 0 Å². The van der Waals surface area contributed by atoms with E-state index >= 15 is 0 Å². The molecule has 3 nitrogen and oxygen atoms in total. The molecule has 0 spiro atoms. The monoisotopic (exact) mass is 198 g/mol. The zero-order chi connectivity index (χ0) is 9.26. The molecule has 0 unspecified atom stereocenters. The molecular formula is C9H11ClN2O. The standard InChI is InChI=1S/C9H11ClN2O/c10-9-7(6-13)11-8-4-2-1-3-5-12(8)9/h6H,1-5H2. The number of carbonyl (C=O) groups is 1. The van der Waals surface area contributed by atoms with Crippen molar-refractivity contribution in [3.05, 3.63) is 16.7 Å². The van der Waals surface area contributed by atoms with Gasteiger partial charge in [-0.25, -0.2) is 4.98 Å². The van der Waals surface area contributed by atoms with E-state index in [0.29, 0.717) is 10.8 Å². The molecular weight excluding hydrogens is 188 g/mol. The Kier molecular flexibility index (Phi) is 2.36. The lowest BCUT2D eigenvalue weighted by molar-refractivity contribution is 0.111. The molecule has 0 saturated carbocycles. The molecule has 0 N–H and O–H groups in total. The van der Waals surface area contributed by atoms with E-state index in [0.717, 1.165) is 37.9 Å². The fourth-order valence-electron chi connectivity index (χ4n) is 1.72. The number of carbonyl (C=O) groups excluding carboxylic acids is 1. The number of hydrogen-bond acceptors (Lipinski definition) is 2. The van der Waals surface area contributed by atoms with Crippen LogP contribution in [-0.4, -0.2) is 15.8 Å². The molecule has 70 valence electrons. The van der Waals surface area contributed by atoms with Gasteiger partial charge in [0.2, 0.25) is 0 Å². The lowest BCUT2D eigenvalue weighted by atomic mass is 10.2. The van der Waals surface area contributed by atoms with E-state index in [2.05, 4.69) is 4.98 Å². The number of aromatic nitrogens is 2. The fraction of sp³-hybridized carbons (Fsp3) is 0.556. The van der Waals surface area contributed by atoms with Crippen LogP contribution < -0.4 is 0 Å². The van der Waals surface area contributed by atoms with Crippen LogP contribution in [0.1, 0.15) is 35.6 Å². The zero-order valence-corrected chi connectivity index (χ0v) is 8.05. The quantitative estimate of drug-likeness (QED) is 0.648. The third kappa shape index (κ3) is 1.48. The van der Waals surface area contributed by atoms with Crippen molar-refractivity contribution in [1.29, 1.82) is 0 Å². The normalized spacial score (nSPS) is 16.4. The first-order valence-corrected chi connectivity index (χ1v) is 4.91. The summed E-state index contributed by atoms with van der Waals surface area (Å²) in [5.74, 6) is 0.963. The average molecular weight is 199 g/mol. The molecule has 0 aliphatic carbocycles. The Hall–Kier alpha value is -0.830. The lowest BCUT2D eigenvalue weighted by Gasteiger charge is -2.02. The second kappa shape index (κ2) is 3.50. The van der Waals surface area contributed by atoms with Crippen molar-refractivity contribution in [3.63, 3.8) is 0 Å². The van der Waals surface area contributed by atoms with Crippen LogP contribution >= 0.6 is 11.6 Å². The molecule has 0 aromatic carbocycles. The van der Waals surface area contributed by atoms with Crippen molar-refractivity contribution in [1.82, 2.24) is 9.55 Å². The molecule has 13 heavy (non-hydrogen) atoms. The minimum Gasteiger partial charge on any atom is -0.318 e. The molecule has 0 fully saturated rings. The van der Waals surface area contributed by atoms with Gasteiger partial charge in [-0.05, 0) is 12.8 Å². The van der Waals surface area contributed by atoms with Gasteiger partial charge >= 0.3 is 0 Å². The van der Waals surface area contributed by atoms with Gasteiger partial charge in [0, 0.05) is 13.0 Å². The highest BCUT2D eigenvalue weighted by Gasteiger charge is 2.16. The summed E-state index contributed by atoms with van der Waals surface area (Å²) < 4.78 is 1.96. The van der Waals surface area contributed by atoms with Crippen LogP contribution in [0.5, 0.6) is 0 Å². The second-order valence-corrected chi connectivity index (χ2v) is 3.64. The molecule has 2 rings (SSSR count). The van der Waals surface area contributed by atoms with Gasteiger partial charge in [-0.2, -0.15) is 0 Å². The molecule has 1 aromatic rings. The van der Waals surface area contributed by atoms with Gasteiger partial charge in [0.25, 0.3) is 0 Å². The second-order valence-electron chi connectivity index (χ2n) is 3.28. The van der Waals surface area contributed by atoms with Crippen molar-refractivity contribution < 1.29 is 4.79 Å². The maximum absolute atomic E-state index is 10.6. The zero-order valence-electron chi connectivity index (χ0n) is 7.29. The van der Waals surface area contributed by atoms with Crippen molar-refractivity contribution in [2.45, 2.75) is 32.2 Å². The van der Waals surface area contributed by atoms with E-state index in [1.165, 1.54) is 6.42 Å². The predicted molar refractivity (Wildman–Crippen MR) is 50.2 cm³/mol. The molecule has 0 atom stereocenters. The van der Waals surface area contributed by atoms with E-state index in [-0.39, 0.29) is 0 Å². The highest BCUT2D eigenvalue weighted by Crippen LogP contribution is 2.22. The maximum Gasteiger partial charge on any atom is 0.171 e. The molecule has 2 heterocycles. The molecule has 1 aliphatic rings. The summed E-state index contributed by atoms with van der Waals surface area (Å²) in [4.78, 5) is 14.8. The summed E-state index contributed by atoms with van der Waals surface area (Å²) in [6.45, 7) is 0.898. The number of hydrogen-bond donors (Lipinski definition) is 0. The van der Waals surface area contributed by atoms with Gasteiger partial charge in [-0.1, -0.05) is 18.0 Å². The van der Waals surface area contributed by atoms with E-state index in [1.54, 1.807) is 0 Å². The summed E-state index contributed by atoms with van der Waals surface area (Å²) >= 11 is 5.98. The molecule has 0 saturated heterocycles. The first-order valence-electron chi connectivity index (χ1n) is 4.53. The molecule has 0 amide bonds. The maximum atomic E-state index is 10.6. The molecule has 1 aromatic heterocycles. The summed E-state index contributed by atoms with van der Waals surface area (Å²) in [6.07, 6.45) is 5.15. The summed E-state index contributed by atoms with van der Waals surface area (Å²) in [5, 5.41) is 0.506. The fourth-order valence-corrected chi connectivity index (χ4v) is 1.99. The van der Waals surface area contributed by atoms with Crippen LogP contribution in [0.3, 0.4) is 0 Å². The highest BCUT2D eigenvalue weighted by atomic mass is 35.5. The molecule has 4 heteroatoms. The highest BCUT2D eigenvalue weighted by molar-refractivity contribution is 6.31. The predicted octanol–water partition coefficient (Wildman–Crippen LogP) is 2.08. The van der Waals surface area contributed by atoms with E-state index < -0.39 is 0 Å². The Balaban J connectivity index is 2.44. The minimum atomic E-state index is 0.388. The third-order valence-corrected chi connectivity index (χ3v) is 2.80. The van der Waals surface area contributed by atoms with Crippen LogP contribution in [0.25, 0.3) is 0 Å². The van der Waals surface area contributed by atoms with Crippen LogP contribution in [-0.2, 0) is 13.0 Å². The van der Waals surface area contributed by atoms with Crippen molar-refractivity contribution in [3.8, 4) is 0 Å². The topological polar surface area (TPSA) is 34.9 Å². The van der Waals surface area contributed by atoms with Crippen LogP contribution in [0.4, 0.5) is 0 Å². The Morgan fingerprint density at radius 2 is 2.23 bits per heavy atom. The SMILES string of the molecule is O=Cc1nc2n(c1Cl)CCCCC2. The molecule has 1 aliphatic heterocycles. The smallest absolute Gasteiger partial charge is 0.171 e. The van der Waals surface area contributed by atoms with E-state index in [1.807, 2.05) is 4.57 Å². The summed E-state index contributed by atoms with van der Waals surface area (Å²) in [5.41, 5.74) is 0.388. The Labute approximate surface area is 81.7 Å². The number of halogens is 1. The van der Waals surface area contributed by atoms with Gasteiger partial charge < -0.3 is 4.57 Å². The number of aldehydes is 1. The van der Waals surface area contributed by atoms with Crippen LogP contribution in [0.15, 0.2) is 0 Å². The molecule has 0 bridgehead atoms. The Bertz CT molecular complexity index is 333. The number of nitrogens with zero attached hydrogens (tertiary/aromatic N) is 2. The van der Waals surface area contributed by atoms with Crippen LogP contribution in [0.2, 0.25) is 5.15 Å². The summed E-state index contributed by atoms with van der Waals surface area (Å²) in [7, 11) is 0. The minimum absolute atomic E-state index is 0.388. The first kappa shape index (κ1) is 8.75. The largest absolute Gasteiger partial charge is 0.318 e. The lowest BCUT2D eigenvalue weighted by Crippen LogP contribution is -2.00.